The molecule has 0 amide bonds. The van der Waals surface area contributed by atoms with Crippen LogP contribution < -0.4 is 10.2 Å². The van der Waals surface area contributed by atoms with Crippen LogP contribution in [0.3, 0.4) is 0 Å². The fraction of sp³-hybridized carbons (Fsp3) is 0.250. The van der Waals surface area contributed by atoms with Crippen LogP contribution in [0.2, 0.25) is 0 Å². The molecule has 3 aromatic carbocycles. The zero-order chi connectivity index (χ0) is 26.3. The van der Waals surface area contributed by atoms with Crippen molar-refractivity contribution in [3.05, 3.63) is 107 Å². The molecule has 1 fully saturated rings. The van der Waals surface area contributed by atoms with E-state index in [1.54, 1.807) is 30.3 Å². The summed E-state index contributed by atoms with van der Waals surface area (Å²) in [5, 5.41) is 3.63. The molecule has 5 nitrogen and oxygen atoms in total. The number of ketones is 1. The number of carbonyl (C=O) groups is 2. The smallest absolute Gasteiger partial charge is 0.341 e. The van der Waals surface area contributed by atoms with Crippen molar-refractivity contribution in [2.24, 2.45) is 0 Å². The molecule has 0 spiro atoms. The first-order valence-corrected chi connectivity index (χ1v) is 12.5. The number of benzene rings is 3. The Morgan fingerprint density at radius 2 is 1.78 bits per heavy atom. The van der Waals surface area contributed by atoms with Crippen LogP contribution in [0.4, 0.5) is 5.69 Å². The van der Waals surface area contributed by atoms with Gasteiger partial charge in [0.15, 0.2) is 5.78 Å². The maximum absolute atomic E-state index is 13.1. The zero-order valence-corrected chi connectivity index (χ0v) is 21.3. The Balaban J connectivity index is 1.62. The second-order valence-corrected chi connectivity index (χ2v) is 9.22. The van der Waals surface area contributed by atoms with Crippen LogP contribution >= 0.6 is 0 Å². The predicted molar refractivity (Wildman–Crippen MR) is 148 cm³/mol. The molecule has 3 aromatic rings. The summed E-state index contributed by atoms with van der Waals surface area (Å²) in [6.45, 7) is 5.34. The molecule has 1 aliphatic rings. The van der Waals surface area contributed by atoms with E-state index in [4.69, 9.17) is 11.2 Å². The summed E-state index contributed by atoms with van der Waals surface area (Å²) < 4.78 is 5.75. The monoisotopic (exact) mass is 492 g/mol. The average molecular weight is 493 g/mol. The maximum atomic E-state index is 13.1. The summed E-state index contributed by atoms with van der Waals surface area (Å²) in [6.07, 6.45) is 7.58. The molecule has 0 bridgehead atoms. The normalized spacial score (nSPS) is 19.6. The highest BCUT2D eigenvalue weighted by molar-refractivity contribution is 6.19. The fourth-order valence-electron chi connectivity index (χ4n) is 5.16. The standard InChI is InChI=1S/C32H32N2O3/c1-4-26-12-11-13-27(22-26)23-30(24(2)35)31(36)37-21-18-32(28-14-7-5-8-15-28)25(3)33-19-20-34(32)29-16-9-6-10-17-29/h1,5-17,22-23,25,33H,18-21H2,2-3H3. The lowest BCUT2D eigenvalue weighted by molar-refractivity contribution is -0.140. The third-order valence-corrected chi connectivity index (χ3v) is 7.01. The van der Waals surface area contributed by atoms with Gasteiger partial charge in [0.2, 0.25) is 0 Å². The molecule has 0 aromatic heterocycles. The number of nitrogens with zero attached hydrogens (tertiary/aromatic N) is 1. The van der Waals surface area contributed by atoms with Crippen molar-refractivity contribution in [1.29, 1.82) is 0 Å². The van der Waals surface area contributed by atoms with Gasteiger partial charge in [-0.05, 0) is 55.3 Å². The van der Waals surface area contributed by atoms with Gasteiger partial charge in [-0.25, -0.2) is 4.79 Å². The van der Waals surface area contributed by atoms with Gasteiger partial charge in [0.1, 0.15) is 5.57 Å². The Hall–Kier alpha value is -4.14. The fourth-order valence-corrected chi connectivity index (χ4v) is 5.16. The number of hydrogen-bond acceptors (Lipinski definition) is 5. The van der Waals surface area contributed by atoms with Gasteiger partial charge in [-0.3, -0.25) is 4.79 Å². The molecule has 0 radical (unpaired) electrons. The zero-order valence-electron chi connectivity index (χ0n) is 21.3. The van der Waals surface area contributed by atoms with Crippen molar-refractivity contribution in [3.63, 3.8) is 0 Å². The number of ether oxygens (including phenoxy) is 1. The Labute approximate surface area is 219 Å². The molecule has 0 aliphatic carbocycles. The summed E-state index contributed by atoms with van der Waals surface area (Å²) >= 11 is 0. The molecule has 2 atom stereocenters. The van der Waals surface area contributed by atoms with Gasteiger partial charge in [-0.15, -0.1) is 6.42 Å². The van der Waals surface area contributed by atoms with Gasteiger partial charge in [0.25, 0.3) is 0 Å². The predicted octanol–water partition coefficient (Wildman–Crippen LogP) is 4.97. The Kier molecular flexibility index (Phi) is 8.22. The van der Waals surface area contributed by atoms with Crippen molar-refractivity contribution in [1.82, 2.24) is 5.32 Å². The van der Waals surface area contributed by atoms with E-state index in [0.717, 1.165) is 24.3 Å². The highest BCUT2D eigenvalue weighted by Crippen LogP contribution is 2.40. The lowest BCUT2D eigenvalue weighted by Gasteiger charge is -2.53. The van der Waals surface area contributed by atoms with Crippen LogP contribution in [0.5, 0.6) is 0 Å². The van der Waals surface area contributed by atoms with Crippen LogP contribution in [0.1, 0.15) is 37.0 Å². The van der Waals surface area contributed by atoms with Crippen LogP contribution in [0, 0.1) is 12.3 Å². The van der Waals surface area contributed by atoms with Gasteiger partial charge in [0, 0.05) is 36.8 Å². The lowest BCUT2D eigenvalue weighted by Crippen LogP contribution is -2.64. The van der Waals surface area contributed by atoms with Crippen molar-refractivity contribution in [2.45, 2.75) is 31.8 Å². The molecule has 5 heteroatoms. The summed E-state index contributed by atoms with van der Waals surface area (Å²) in [6, 6.07) is 27.9. The molecule has 2 unspecified atom stereocenters. The number of piperazine rings is 1. The quantitative estimate of drug-likeness (QED) is 0.158. The summed E-state index contributed by atoms with van der Waals surface area (Å²) in [5.41, 5.74) is 3.15. The van der Waals surface area contributed by atoms with E-state index < -0.39 is 11.5 Å². The Bertz CT molecular complexity index is 1310. The van der Waals surface area contributed by atoms with E-state index in [0.29, 0.717) is 17.5 Å². The maximum Gasteiger partial charge on any atom is 0.341 e. The number of anilines is 1. The van der Waals surface area contributed by atoms with E-state index >= 15 is 0 Å². The lowest BCUT2D eigenvalue weighted by atomic mass is 9.77. The number of carbonyl (C=O) groups excluding carboxylic acids is 2. The highest BCUT2D eigenvalue weighted by atomic mass is 16.5. The van der Waals surface area contributed by atoms with Gasteiger partial charge in [-0.2, -0.15) is 0 Å². The van der Waals surface area contributed by atoms with Crippen LogP contribution in [0.15, 0.2) is 90.5 Å². The van der Waals surface area contributed by atoms with E-state index in [-0.39, 0.29) is 24.0 Å². The van der Waals surface area contributed by atoms with Crippen LogP contribution in [0.25, 0.3) is 6.08 Å². The molecule has 1 N–H and O–H groups in total. The van der Waals surface area contributed by atoms with Crippen molar-refractivity contribution < 1.29 is 14.3 Å². The molecule has 37 heavy (non-hydrogen) atoms. The third-order valence-electron chi connectivity index (χ3n) is 7.01. The van der Waals surface area contributed by atoms with E-state index in [1.807, 2.05) is 36.4 Å². The molecule has 1 aliphatic heterocycles. The molecule has 188 valence electrons. The van der Waals surface area contributed by atoms with Crippen LogP contribution in [-0.4, -0.2) is 37.5 Å². The average Bonchev–Trinajstić information content (AvgIpc) is 2.93. The van der Waals surface area contributed by atoms with Crippen LogP contribution in [-0.2, 0) is 19.9 Å². The first-order chi connectivity index (χ1) is 18.0. The van der Waals surface area contributed by atoms with E-state index in [2.05, 4.69) is 47.3 Å². The second kappa shape index (κ2) is 11.7. The van der Waals surface area contributed by atoms with Crippen molar-refractivity contribution >= 4 is 23.5 Å². The Morgan fingerprint density at radius 1 is 1.08 bits per heavy atom. The van der Waals surface area contributed by atoms with Gasteiger partial charge >= 0.3 is 5.97 Å². The first kappa shape index (κ1) is 25.9. The SMILES string of the molecule is C#Cc1cccc(C=C(C(C)=O)C(=O)OCCC2(c3ccccc3)C(C)NCCN2c2ccccc2)c1. The number of Topliss-reactive ketones (excluding diaryl/α,β-unsaturated/α-hetero) is 1. The van der Waals surface area contributed by atoms with Gasteiger partial charge in [-0.1, -0.05) is 66.6 Å². The molecule has 4 rings (SSSR count). The molecule has 0 saturated carbocycles. The first-order valence-electron chi connectivity index (χ1n) is 12.5. The van der Waals surface area contributed by atoms with Gasteiger partial charge < -0.3 is 15.0 Å². The second-order valence-electron chi connectivity index (χ2n) is 9.22. The molecular weight excluding hydrogens is 460 g/mol. The summed E-state index contributed by atoms with van der Waals surface area (Å²) in [7, 11) is 0. The molecular formula is C32H32N2O3. The Morgan fingerprint density at radius 3 is 2.46 bits per heavy atom. The topological polar surface area (TPSA) is 58.6 Å². The number of terminal acetylenes is 1. The van der Waals surface area contributed by atoms with Crippen molar-refractivity contribution in [2.75, 3.05) is 24.6 Å². The number of para-hydroxylation sites is 1. The van der Waals surface area contributed by atoms with Gasteiger partial charge in [0.05, 0.1) is 12.1 Å². The minimum absolute atomic E-state index is 0.00216. The summed E-state index contributed by atoms with van der Waals surface area (Å²) in [4.78, 5) is 27.8. The molecule has 1 saturated heterocycles. The third kappa shape index (κ3) is 5.66. The minimum atomic E-state index is -0.635. The molecule has 1 heterocycles. The number of nitrogens with one attached hydrogen (secondary N) is 1. The highest BCUT2D eigenvalue weighted by Gasteiger charge is 2.45. The number of hydrogen-bond donors (Lipinski definition) is 1. The summed E-state index contributed by atoms with van der Waals surface area (Å²) in [5.74, 6) is 1.58. The van der Waals surface area contributed by atoms with E-state index in [9.17, 15) is 9.59 Å². The number of esters is 1. The largest absolute Gasteiger partial charge is 0.462 e. The number of rotatable bonds is 8. The minimum Gasteiger partial charge on any atom is -0.462 e. The van der Waals surface area contributed by atoms with E-state index in [1.165, 1.54) is 6.92 Å². The van der Waals surface area contributed by atoms with Crippen molar-refractivity contribution in [3.8, 4) is 12.3 Å².